The smallest absolute Gasteiger partial charge is 0.317 e. The molecule has 1 saturated heterocycles. The van der Waals surface area contributed by atoms with Crippen LogP contribution in [-0.4, -0.2) is 57.8 Å². The highest BCUT2D eigenvalue weighted by atomic mass is 32.1. The Hall–Kier alpha value is -1.93. The molecule has 0 unspecified atom stereocenters. The third kappa shape index (κ3) is 4.38. The van der Waals surface area contributed by atoms with Gasteiger partial charge < -0.3 is 10.2 Å². The van der Waals surface area contributed by atoms with Gasteiger partial charge in [0, 0.05) is 43.8 Å². The Kier molecular flexibility index (Phi) is 5.70. The van der Waals surface area contributed by atoms with Crippen LogP contribution in [0.2, 0.25) is 0 Å². The maximum absolute atomic E-state index is 12.4. The molecule has 0 aliphatic carbocycles. The van der Waals surface area contributed by atoms with Crippen molar-refractivity contribution in [3.05, 3.63) is 34.5 Å². The fourth-order valence-corrected chi connectivity index (χ4v) is 4.19. The summed E-state index contributed by atoms with van der Waals surface area (Å²) in [5, 5.41) is 9.22. The minimum absolute atomic E-state index is 0.0498. The molecule has 1 aliphatic heterocycles. The van der Waals surface area contributed by atoms with Crippen molar-refractivity contribution >= 4 is 17.4 Å². The Bertz CT molecular complexity index is 685. The number of aryl methyl sites for hydroxylation is 1. The molecular weight excluding hydrogens is 336 g/mol. The number of rotatable bonds is 5. The van der Waals surface area contributed by atoms with Gasteiger partial charge in [-0.3, -0.25) is 9.58 Å². The number of urea groups is 1. The van der Waals surface area contributed by atoms with Crippen LogP contribution in [0.3, 0.4) is 0 Å². The predicted octanol–water partition coefficient (Wildman–Crippen LogP) is 2.10. The maximum atomic E-state index is 12.4. The van der Waals surface area contributed by atoms with Crippen LogP contribution in [0.1, 0.15) is 30.1 Å². The van der Waals surface area contributed by atoms with Crippen molar-refractivity contribution in [3.8, 4) is 0 Å². The molecule has 3 heterocycles. The molecule has 0 saturated carbocycles. The number of hydrogen-bond donors (Lipinski definition) is 1. The van der Waals surface area contributed by atoms with Crippen LogP contribution in [-0.2, 0) is 13.6 Å². The number of carbonyl (C=O) groups excluding carboxylic acids is 1. The lowest BCUT2D eigenvalue weighted by Gasteiger charge is -2.40. The lowest BCUT2D eigenvalue weighted by molar-refractivity contribution is 0.0995. The number of aromatic nitrogens is 3. The Morgan fingerprint density at radius 1 is 1.48 bits per heavy atom. The van der Waals surface area contributed by atoms with Gasteiger partial charge in [0.1, 0.15) is 0 Å². The first-order valence-corrected chi connectivity index (χ1v) is 9.53. The second-order valence-electron chi connectivity index (χ2n) is 6.79. The SMILES string of the molecule is CN(C[C@@H]1CCCN(C)[C@H]1c1cnn(C)c1)C(=O)NCc1cscn1. The van der Waals surface area contributed by atoms with Crippen molar-refractivity contribution in [1.29, 1.82) is 0 Å². The van der Waals surface area contributed by atoms with Gasteiger partial charge in [0.2, 0.25) is 0 Å². The summed E-state index contributed by atoms with van der Waals surface area (Å²) in [6, 6.07) is 0.252. The largest absolute Gasteiger partial charge is 0.332 e. The molecule has 2 aromatic rings. The van der Waals surface area contributed by atoms with Crippen LogP contribution in [0.15, 0.2) is 23.3 Å². The zero-order chi connectivity index (χ0) is 17.8. The Balaban J connectivity index is 1.61. The summed E-state index contributed by atoms with van der Waals surface area (Å²) < 4.78 is 1.85. The third-order valence-corrected chi connectivity index (χ3v) is 5.47. The lowest BCUT2D eigenvalue weighted by atomic mass is 9.86. The second-order valence-corrected chi connectivity index (χ2v) is 7.51. The Morgan fingerprint density at radius 3 is 3.00 bits per heavy atom. The van der Waals surface area contributed by atoms with Gasteiger partial charge in [0.25, 0.3) is 0 Å². The fourth-order valence-electron chi connectivity index (χ4n) is 3.63. The molecule has 1 N–H and O–H groups in total. The molecule has 8 heteroatoms. The average molecular weight is 363 g/mol. The minimum Gasteiger partial charge on any atom is -0.332 e. The van der Waals surface area contributed by atoms with E-state index in [0.29, 0.717) is 18.5 Å². The van der Waals surface area contributed by atoms with Crippen LogP contribution in [0.4, 0.5) is 4.79 Å². The van der Waals surface area contributed by atoms with Crippen LogP contribution in [0.5, 0.6) is 0 Å². The van der Waals surface area contributed by atoms with Crippen molar-refractivity contribution in [2.75, 3.05) is 27.2 Å². The summed E-state index contributed by atoms with van der Waals surface area (Å²) in [7, 11) is 5.97. The van der Waals surface area contributed by atoms with Crippen molar-refractivity contribution in [3.63, 3.8) is 0 Å². The summed E-state index contributed by atoms with van der Waals surface area (Å²) in [4.78, 5) is 20.8. The number of thiazole rings is 1. The van der Waals surface area contributed by atoms with Crippen molar-refractivity contribution in [2.45, 2.75) is 25.4 Å². The number of nitrogens with one attached hydrogen (secondary N) is 1. The van der Waals surface area contributed by atoms with Gasteiger partial charge in [0.05, 0.1) is 23.9 Å². The molecule has 2 aromatic heterocycles. The van der Waals surface area contributed by atoms with E-state index in [4.69, 9.17) is 0 Å². The zero-order valence-electron chi connectivity index (χ0n) is 15.1. The first-order chi connectivity index (χ1) is 12.0. The molecule has 0 aromatic carbocycles. The first kappa shape index (κ1) is 17.9. The number of amides is 2. The quantitative estimate of drug-likeness (QED) is 0.885. The van der Waals surface area contributed by atoms with E-state index in [0.717, 1.165) is 31.6 Å². The van der Waals surface area contributed by atoms with E-state index >= 15 is 0 Å². The van der Waals surface area contributed by atoms with Gasteiger partial charge in [-0.05, 0) is 32.4 Å². The van der Waals surface area contributed by atoms with E-state index in [-0.39, 0.29) is 6.03 Å². The fraction of sp³-hybridized carbons (Fsp3) is 0.588. The minimum atomic E-state index is -0.0498. The number of hydrogen-bond acceptors (Lipinski definition) is 5. The Labute approximate surface area is 152 Å². The maximum Gasteiger partial charge on any atom is 0.317 e. The topological polar surface area (TPSA) is 66.3 Å². The highest BCUT2D eigenvalue weighted by Crippen LogP contribution is 2.35. The highest BCUT2D eigenvalue weighted by Gasteiger charge is 2.32. The standard InChI is InChI=1S/C17H26N6OS/c1-21-6-4-5-13(16(21)14-7-20-23(3)10-14)9-22(2)17(24)18-8-15-11-25-12-19-15/h7,10-13,16H,4-6,8-9H2,1-3H3,(H,18,24)/t13-,16+/m0/s1. The summed E-state index contributed by atoms with van der Waals surface area (Å²) in [6.07, 6.45) is 6.31. The highest BCUT2D eigenvalue weighted by molar-refractivity contribution is 7.07. The number of likely N-dealkylation sites (tertiary alicyclic amines) is 1. The van der Waals surface area contributed by atoms with E-state index in [1.807, 2.05) is 30.4 Å². The van der Waals surface area contributed by atoms with Gasteiger partial charge in [-0.2, -0.15) is 5.10 Å². The summed E-state index contributed by atoms with van der Waals surface area (Å²) >= 11 is 1.54. The molecule has 2 atom stereocenters. The molecule has 1 aliphatic rings. The van der Waals surface area contributed by atoms with Crippen LogP contribution in [0.25, 0.3) is 0 Å². The molecule has 0 radical (unpaired) electrons. The van der Waals surface area contributed by atoms with E-state index in [2.05, 4.69) is 33.5 Å². The molecule has 25 heavy (non-hydrogen) atoms. The van der Waals surface area contributed by atoms with Gasteiger partial charge in [0.15, 0.2) is 0 Å². The van der Waals surface area contributed by atoms with Crippen LogP contribution < -0.4 is 5.32 Å². The van der Waals surface area contributed by atoms with E-state index in [1.165, 1.54) is 16.9 Å². The van der Waals surface area contributed by atoms with E-state index in [9.17, 15) is 4.79 Å². The third-order valence-electron chi connectivity index (χ3n) is 4.83. The molecule has 3 rings (SSSR count). The molecular formula is C17H26N6OS. The van der Waals surface area contributed by atoms with Gasteiger partial charge in [-0.25, -0.2) is 9.78 Å². The van der Waals surface area contributed by atoms with Gasteiger partial charge in [-0.15, -0.1) is 11.3 Å². The molecule has 0 spiro atoms. The Morgan fingerprint density at radius 2 is 2.32 bits per heavy atom. The molecule has 136 valence electrons. The average Bonchev–Trinajstić information content (AvgIpc) is 3.24. The molecule has 0 bridgehead atoms. The van der Waals surface area contributed by atoms with Gasteiger partial charge >= 0.3 is 6.03 Å². The molecule has 1 fully saturated rings. The summed E-state index contributed by atoms with van der Waals surface area (Å²) in [5.41, 5.74) is 3.91. The summed E-state index contributed by atoms with van der Waals surface area (Å²) in [5.74, 6) is 0.401. The van der Waals surface area contributed by atoms with Crippen molar-refractivity contribution < 1.29 is 4.79 Å². The molecule has 2 amide bonds. The zero-order valence-corrected chi connectivity index (χ0v) is 15.9. The van der Waals surface area contributed by atoms with E-state index in [1.54, 1.807) is 10.4 Å². The number of piperidine rings is 1. The number of nitrogens with zero attached hydrogens (tertiary/aromatic N) is 5. The molecule has 7 nitrogen and oxygen atoms in total. The van der Waals surface area contributed by atoms with Crippen LogP contribution in [0, 0.1) is 5.92 Å². The van der Waals surface area contributed by atoms with Gasteiger partial charge in [-0.1, -0.05) is 0 Å². The van der Waals surface area contributed by atoms with E-state index < -0.39 is 0 Å². The lowest BCUT2D eigenvalue weighted by Crippen LogP contribution is -2.45. The second kappa shape index (κ2) is 7.97. The first-order valence-electron chi connectivity index (χ1n) is 8.59. The normalized spacial score (nSPS) is 21.2. The van der Waals surface area contributed by atoms with Crippen molar-refractivity contribution in [2.24, 2.45) is 13.0 Å². The monoisotopic (exact) mass is 362 g/mol. The number of carbonyl (C=O) groups is 1. The van der Waals surface area contributed by atoms with Crippen LogP contribution >= 0.6 is 11.3 Å². The summed E-state index contributed by atoms with van der Waals surface area (Å²) in [6.45, 7) is 2.28. The predicted molar refractivity (Wildman–Crippen MR) is 98.3 cm³/mol. The van der Waals surface area contributed by atoms with Crippen molar-refractivity contribution in [1.82, 2.24) is 29.9 Å².